The van der Waals surface area contributed by atoms with Gasteiger partial charge in [0, 0.05) is 18.0 Å². The van der Waals surface area contributed by atoms with E-state index in [-0.39, 0.29) is 22.6 Å². The Labute approximate surface area is 195 Å². The molecule has 0 radical (unpaired) electrons. The van der Waals surface area contributed by atoms with Crippen molar-refractivity contribution >= 4 is 5.82 Å². The minimum atomic E-state index is -0.651. The molecule has 0 spiro atoms. The second kappa shape index (κ2) is 7.09. The molecule has 0 saturated heterocycles. The predicted octanol–water partition coefficient (Wildman–Crippen LogP) is 5.06. The molecule has 2 N–H and O–H groups in total. The van der Waals surface area contributed by atoms with Crippen LogP contribution in [0.25, 0.3) is 22.5 Å². The van der Waals surface area contributed by atoms with Gasteiger partial charge in [-0.25, -0.2) is 18.7 Å². The average molecular weight is 457 g/mol. The van der Waals surface area contributed by atoms with Crippen molar-refractivity contribution < 1.29 is 8.78 Å². The van der Waals surface area contributed by atoms with Crippen LogP contribution in [0.15, 0.2) is 55.0 Å². The Bertz CT molecular complexity index is 1420. The topological polar surface area (TPSA) is 90.5 Å². The van der Waals surface area contributed by atoms with Crippen LogP contribution in [0.5, 0.6) is 0 Å². The molecule has 0 amide bonds. The Morgan fingerprint density at radius 2 is 1.76 bits per heavy atom. The fourth-order valence-corrected chi connectivity index (χ4v) is 6.02. The number of pyridine rings is 1. The monoisotopic (exact) mass is 456 g/mol. The van der Waals surface area contributed by atoms with Crippen molar-refractivity contribution in [1.82, 2.24) is 25.1 Å². The van der Waals surface area contributed by atoms with E-state index >= 15 is 0 Å². The van der Waals surface area contributed by atoms with Crippen molar-refractivity contribution in [3.63, 3.8) is 0 Å². The van der Waals surface area contributed by atoms with Crippen LogP contribution >= 0.6 is 0 Å². The number of anilines is 1. The van der Waals surface area contributed by atoms with Gasteiger partial charge in [0.25, 0.3) is 0 Å². The maximum absolute atomic E-state index is 14.5. The molecule has 6 rings (SSSR count). The SMILES string of the molecule is CC1(C)[C@H]2CC[C@]1(c1cncc(-c3ccc(N)nc3)n1)c1nnc(-c3c(F)cccc3F)cc12. The Morgan fingerprint density at radius 3 is 2.50 bits per heavy atom. The molecule has 2 aliphatic rings. The number of benzene rings is 1. The van der Waals surface area contributed by atoms with E-state index in [2.05, 4.69) is 34.0 Å². The number of nitrogens with zero attached hydrogens (tertiary/aromatic N) is 5. The van der Waals surface area contributed by atoms with Gasteiger partial charge in [0.2, 0.25) is 0 Å². The second-order valence-corrected chi connectivity index (χ2v) is 9.61. The number of hydrogen-bond donors (Lipinski definition) is 1. The fourth-order valence-electron chi connectivity index (χ4n) is 6.02. The third kappa shape index (κ3) is 2.68. The van der Waals surface area contributed by atoms with Gasteiger partial charge >= 0.3 is 0 Å². The summed E-state index contributed by atoms with van der Waals surface area (Å²) in [6, 6.07) is 9.22. The zero-order valence-corrected chi connectivity index (χ0v) is 18.8. The molecule has 1 saturated carbocycles. The Balaban J connectivity index is 1.51. The number of nitrogens with two attached hydrogens (primary N) is 1. The summed E-state index contributed by atoms with van der Waals surface area (Å²) >= 11 is 0. The number of halogens is 2. The quantitative estimate of drug-likeness (QED) is 0.463. The van der Waals surface area contributed by atoms with Crippen molar-refractivity contribution in [3.8, 4) is 22.5 Å². The van der Waals surface area contributed by atoms with Crippen LogP contribution in [-0.2, 0) is 5.41 Å². The molecule has 2 aliphatic carbocycles. The molecule has 8 heteroatoms. The molecule has 4 aromatic rings. The molecule has 2 atom stereocenters. The van der Waals surface area contributed by atoms with Gasteiger partial charge in [-0.2, -0.15) is 5.10 Å². The molecule has 2 bridgehead atoms. The van der Waals surface area contributed by atoms with Crippen LogP contribution in [0.1, 0.15) is 49.6 Å². The highest BCUT2D eigenvalue weighted by Crippen LogP contribution is 2.69. The van der Waals surface area contributed by atoms with E-state index in [0.717, 1.165) is 35.4 Å². The first kappa shape index (κ1) is 20.8. The van der Waals surface area contributed by atoms with Gasteiger partial charge in [0.1, 0.15) is 17.5 Å². The number of hydrogen-bond acceptors (Lipinski definition) is 6. The molecule has 0 aliphatic heterocycles. The van der Waals surface area contributed by atoms with E-state index in [1.54, 1.807) is 30.7 Å². The lowest BCUT2D eigenvalue weighted by Gasteiger charge is -2.37. The van der Waals surface area contributed by atoms with Gasteiger partial charge < -0.3 is 5.73 Å². The van der Waals surface area contributed by atoms with Gasteiger partial charge in [-0.1, -0.05) is 19.9 Å². The molecule has 1 fully saturated rings. The first-order valence-electron chi connectivity index (χ1n) is 11.2. The van der Waals surface area contributed by atoms with Crippen molar-refractivity contribution in [3.05, 3.63) is 83.6 Å². The summed E-state index contributed by atoms with van der Waals surface area (Å²) in [6.45, 7) is 4.41. The molecule has 0 unspecified atom stereocenters. The van der Waals surface area contributed by atoms with Gasteiger partial charge in [-0.15, -0.1) is 5.10 Å². The lowest BCUT2D eigenvalue weighted by atomic mass is 9.66. The summed E-state index contributed by atoms with van der Waals surface area (Å²) in [5.74, 6) is -0.701. The second-order valence-electron chi connectivity index (χ2n) is 9.61. The van der Waals surface area contributed by atoms with Crippen LogP contribution in [0, 0.1) is 17.0 Å². The minimum absolute atomic E-state index is 0.148. The zero-order valence-electron chi connectivity index (χ0n) is 18.8. The third-order valence-electron chi connectivity index (χ3n) is 7.76. The number of rotatable bonds is 3. The lowest BCUT2D eigenvalue weighted by molar-refractivity contribution is 0.242. The van der Waals surface area contributed by atoms with Crippen LogP contribution < -0.4 is 5.73 Å². The Kier molecular flexibility index (Phi) is 4.33. The fraction of sp³-hybridized carbons (Fsp3) is 0.269. The summed E-state index contributed by atoms with van der Waals surface area (Å²) in [6.07, 6.45) is 6.94. The molecule has 6 nitrogen and oxygen atoms in total. The Morgan fingerprint density at radius 1 is 0.971 bits per heavy atom. The van der Waals surface area contributed by atoms with Crippen LogP contribution in [0.4, 0.5) is 14.6 Å². The van der Waals surface area contributed by atoms with Crippen molar-refractivity contribution in [2.45, 2.75) is 38.0 Å². The number of aromatic nitrogens is 5. The highest BCUT2D eigenvalue weighted by molar-refractivity contribution is 5.65. The molecule has 3 aromatic heterocycles. The molecular formula is C26H22F2N6. The van der Waals surface area contributed by atoms with Gasteiger partial charge in [0.15, 0.2) is 0 Å². The summed E-state index contributed by atoms with van der Waals surface area (Å²) in [7, 11) is 0. The largest absolute Gasteiger partial charge is 0.384 e. The molecule has 3 heterocycles. The summed E-state index contributed by atoms with van der Waals surface area (Å²) in [4.78, 5) is 13.7. The number of nitrogen functional groups attached to an aromatic ring is 1. The first-order chi connectivity index (χ1) is 16.3. The predicted molar refractivity (Wildman–Crippen MR) is 124 cm³/mol. The minimum Gasteiger partial charge on any atom is -0.384 e. The van der Waals surface area contributed by atoms with E-state index in [0.29, 0.717) is 11.5 Å². The molecule has 34 heavy (non-hydrogen) atoms. The standard InChI is InChI=1S/C26H22F2N6/c1-25(2)16-8-9-26(25,21-13-30-12-20(32-21)14-6-7-22(29)31-11-14)24-15(16)10-19(33-34-24)23-17(27)4-3-5-18(23)28/h3-7,10-13,16H,8-9H2,1-2H3,(H2,29,31)/t16-,26-/m0/s1. The highest BCUT2D eigenvalue weighted by atomic mass is 19.1. The summed E-state index contributed by atoms with van der Waals surface area (Å²) in [5.41, 5.74) is 9.18. The van der Waals surface area contributed by atoms with E-state index in [9.17, 15) is 8.78 Å². The van der Waals surface area contributed by atoms with Crippen molar-refractivity contribution in [1.29, 1.82) is 0 Å². The summed E-state index contributed by atoms with van der Waals surface area (Å²) in [5, 5.41) is 8.86. The van der Waals surface area contributed by atoms with E-state index in [4.69, 9.17) is 10.7 Å². The van der Waals surface area contributed by atoms with Gasteiger partial charge in [-0.05, 0) is 60.1 Å². The van der Waals surface area contributed by atoms with E-state index in [1.165, 1.54) is 18.2 Å². The maximum atomic E-state index is 14.5. The third-order valence-corrected chi connectivity index (χ3v) is 7.76. The molecule has 1 aromatic carbocycles. The smallest absolute Gasteiger partial charge is 0.135 e. The zero-order chi connectivity index (χ0) is 23.7. The van der Waals surface area contributed by atoms with Crippen LogP contribution in [0.2, 0.25) is 0 Å². The molecule has 170 valence electrons. The van der Waals surface area contributed by atoms with Crippen LogP contribution in [0.3, 0.4) is 0 Å². The number of fused-ring (bicyclic) bond motifs is 5. The van der Waals surface area contributed by atoms with Crippen molar-refractivity contribution in [2.75, 3.05) is 5.73 Å². The molecular weight excluding hydrogens is 434 g/mol. The normalized spacial score (nSPS) is 22.1. The maximum Gasteiger partial charge on any atom is 0.135 e. The highest BCUT2D eigenvalue weighted by Gasteiger charge is 2.65. The van der Waals surface area contributed by atoms with Gasteiger partial charge in [-0.3, -0.25) is 4.98 Å². The van der Waals surface area contributed by atoms with E-state index < -0.39 is 17.0 Å². The van der Waals surface area contributed by atoms with Gasteiger partial charge in [0.05, 0.1) is 40.0 Å². The lowest BCUT2D eigenvalue weighted by Crippen LogP contribution is -2.38. The summed E-state index contributed by atoms with van der Waals surface area (Å²) < 4.78 is 28.9. The Hall–Kier alpha value is -3.81. The van der Waals surface area contributed by atoms with E-state index in [1.807, 2.05) is 6.07 Å². The average Bonchev–Trinajstić information content (AvgIpc) is 3.21. The first-order valence-corrected chi connectivity index (χ1v) is 11.2. The van der Waals surface area contributed by atoms with Crippen LogP contribution in [-0.4, -0.2) is 25.1 Å². The van der Waals surface area contributed by atoms with Crippen molar-refractivity contribution in [2.24, 2.45) is 5.41 Å².